The molecule has 0 aromatic heterocycles. The number of ether oxygens (including phenoxy) is 1. The summed E-state index contributed by atoms with van der Waals surface area (Å²) in [4.78, 5) is 10.3. The lowest BCUT2D eigenvalue weighted by molar-refractivity contribution is -0.386. The molecule has 1 heterocycles. The lowest BCUT2D eigenvalue weighted by Gasteiger charge is -2.23. The van der Waals surface area contributed by atoms with Gasteiger partial charge < -0.3 is 10.1 Å². The summed E-state index contributed by atoms with van der Waals surface area (Å²) < 4.78 is 18.9. The van der Waals surface area contributed by atoms with Gasteiger partial charge in [-0.1, -0.05) is 6.42 Å². The molecule has 1 unspecified atom stereocenters. The van der Waals surface area contributed by atoms with Crippen LogP contribution < -0.4 is 10.1 Å². The van der Waals surface area contributed by atoms with Crippen molar-refractivity contribution in [3.8, 4) is 5.75 Å². The Hall–Kier alpha value is -1.69. The predicted octanol–water partition coefficient (Wildman–Crippen LogP) is 2.95. The zero-order valence-electron chi connectivity index (χ0n) is 11.5. The van der Waals surface area contributed by atoms with E-state index in [2.05, 4.69) is 5.32 Å². The fraction of sp³-hybridized carbons (Fsp3) is 0.571. The van der Waals surface area contributed by atoms with Crippen molar-refractivity contribution >= 4 is 5.69 Å². The maximum Gasteiger partial charge on any atom is 0.313 e. The Kier molecular flexibility index (Phi) is 4.89. The number of nitro groups is 1. The highest BCUT2D eigenvalue weighted by atomic mass is 19.1. The zero-order chi connectivity index (χ0) is 14.5. The molecular formula is C14H19FN2O3. The van der Waals surface area contributed by atoms with Crippen molar-refractivity contribution in [3.63, 3.8) is 0 Å². The van der Waals surface area contributed by atoms with Crippen LogP contribution in [0, 0.1) is 22.9 Å². The van der Waals surface area contributed by atoms with Gasteiger partial charge in [0.15, 0.2) is 5.75 Å². The highest BCUT2D eigenvalue weighted by Gasteiger charge is 2.19. The summed E-state index contributed by atoms with van der Waals surface area (Å²) in [6.07, 6.45) is 4.30. The lowest BCUT2D eigenvalue weighted by atomic mass is 10.0. The van der Waals surface area contributed by atoms with Gasteiger partial charge in [0.05, 0.1) is 17.6 Å². The monoisotopic (exact) mass is 282 g/mol. The normalized spacial score (nSPS) is 18.8. The molecular weight excluding hydrogens is 263 g/mol. The number of hydrogen-bond donors (Lipinski definition) is 1. The molecule has 0 bridgehead atoms. The highest BCUT2D eigenvalue weighted by molar-refractivity contribution is 5.48. The molecule has 0 aliphatic carbocycles. The second-order valence-electron chi connectivity index (χ2n) is 5.11. The first-order chi connectivity index (χ1) is 9.58. The molecule has 2 rings (SSSR count). The molecule has 0 amide bonds. The van der Waals surface area contributed by atoms with Crippen molar-refractivity contribution in [2.45, 2.75) is 38.6 Å². The van der Waals surface area contributed by atoms with Crippen LogP contribution in [0.25, 0.3) is 0 Å². The van der Waals surface area contributed by atoms with E-state index in [9.17, 15) is 14.5 Å². The summed E-state index contributed by atoms with van der Waals surface area (Å²) in [5.74, 6) is -0.442. The molecule has 0 radical (unpaired) electrons. The maximum absolute atomic E-state index is 13.4. The summed E-state index contributed by atoms with van der Waals surface area (Å²) in [6, 6.07) is 2.72. The largest absolute Gasteiger partial charge is 0.487 e. The molecule has 110 valence electrons. The van der Waals surface area contributed by atoms with Crippen LogP contribution in [0.2, 0.25) is 0 Å². The Morgan fingerprint density at radius 1 is 1.50 bits per heavy atom. The summed E-state index contributed by atoms with van der Waals surface area (Å²) in [5, 5.41) is 14.3. The van der Waals surface area contributed by atoms with Gasteiger partial charge in [-0.2, -0.15) is 0 Å². The summed E-state index contributed by atoms with van der Waals surface area (Å²) >= 11 is 0. The number of nitrogens with zero attached hydrogens (tertiary/aromatic N) is 1. The van der Waals surface area contributed by atoms with Gasteiger partial charge >= 0.3 is 5.69 Å². The number of rotatable bonds is 5. The van der Waals surface area contributed by atoms with Gasteiger partial charge in [-0.25, -0.2) is 4.39 Å². The van der Waals surface area contributed by atoms with Crippen LogP contribution >= 0.6 is 0 Å². The first-order valence-corrected chi connectivity index (χ1v) is 6.88. The van der Waals surface area contributed by atoms with Gasteiger partial charge in [0.25, 0.3) is 0 Å². The Balaban J connectivity index is 1.97. The van der Waals surface area contributed by atoms with E-state index in [0.29, 0.717) is 18.2 Å². The molecule has 1 aliphatic heterocycles. The minimum absolute atomic E-state index is 0.143. The number of hydrogen-bond acceptors (Lipinski definition) is 4. The van der Waals surface area contributed by atoms with Gasteiger partial charge in [0.2, 0.25) is 0 Å². The smallest absolute Gasteiger partial charge is 0.313 e. The SMILES string of the molecule is Cc1cc(OCCC2CCCCN2)c([N+](=O)[O-])cc1F. The molecule has 1 aromatic carbocycles. The van der Waals surface area contributed by atoms with Gasteiger partial charge in [0.1, 0.15) is 5.82 Å². The van der Waals surface area contributed by atoms with E-state index in [1.807, 2.05) is 0 Å². The van der Waals surface area contributed by atoms with E-state index in [0.717, 1.165) is 25.5 Å². The van der Waals surface area contributed by atoms with E-state index in [4.69, 9.17) is 4.74 Å². The van der Waals surface area contributed by atoms with Crippen molar-refractivity contribution in [3.05, 3.63) is 33.6 Å². The first-order valence-electron chi connectivity index (χ1n) is 6.88. The molecule has 0 spiro atoms. The van der Waals surface area contributed by atoms with E-state index >= 15 is 0 Å². The van der Waals surface area contributed by atoms with Crippen molar-refractivity contribution in [2.75, 3.05) is 13.2 Å². The number of halogens is 1. The van der Waals surface area contributed by atoms with Gasteiger partial charge in [0, 0.05) is 6.04 Å². The molecule has 1 aliphatic rings. The number of nitro benzene ring substituents is 1. The zero-order valence-corrected chi connectivity index (χ0v) is 11.5. The molecule has 1 saturated heterocycles. The average molecular weight is 282 g/mol. The second-order valence-corrected chi connectivity index (χ2v) is 5.11. The summed E-state index contributed by atoms with van der Waals surface area (Å²) in [5.41, 5.74) is 0.0334. The van der Waals surface area contributed by atoms with Crippen LogP contribution in [-0.4, -0.2) is 24.1 Å². The quantitative estimate of drug-likeness (QED) is 0.666. The summed E-state index contributed by atoms with van der Waals surface area (Å²) in [7, 11) is 0. The first kappa shape index (κ1) is 14.7. The maximum atomic E-state index is 13.4. The fourth-order valence-corrected chi connectivity index (χ4v) is 2.38. The minimum Gasteiger partial charge on any atom is -0.487 e. The number of piperidine rings is 1. The highest BCUT2D eigenvalue weighted by Crippen LogP contribution is 2.30. The molecule has 1 fully saturated rings. The van der Waals surface area contributed by atoms with E-state index in [1.165, 1.54) is 18.9 Å². The van der Waals surface area contributed by atoms with Crippen LogP contribution in [0.4, 0.5) is 10.1 Å². The molecule has 1 atom stereocenters. The van der Waals surface area contributed by atoms with Crippen LogP contribution in [-0.2, 0) is 0 Å². The van der Waals surface area contributed by atoms with Gasteiger partial charge in [-0.15, -0.1) is 0 Å². The minimum atomic E-state index is -0.614. The van der Waals surface area contributed by atoms with Crippen molar-refractivity contribution in [1.82, 2.24) is 5.32 Å². The third-order valence-electron chi connectivity index (χ3n) is 3.57. The van der Waals surface area contributed by atoms with E-state index in [-0.39, 0.29) is 11.4 Å². The number of nitrogens with one attached hydrogen (secondary N) is 1. The summed E-state index contributed by atoms with van der Waals surface area (Å²) in [6.45, 7) is 2.97. The fourth-order valence-electron chi connectivity index (χ4n) is 2.38. The van der Waals surface area contributed by atoms with Gasteiger partial charge in [-0.05, 0) is 44.4 Å². The number of benzene rings is 1. The topological polar surface area (TPSA) is 64.4 Å². The molecule has 6 heteroatoms. The molecule has 1 N–H and O–H groups in total. The average Bonchev–Trinajstić information content (AvgIpc) is 2.43. The van der Waals surface area contributed by atoms with Crippen molar-refractivity contribution < 1.29 is 14.1 Å². The molecule has 0 saturated carbocycles. The second kappa shape index (κ2) is 6.65. The van der Waals surface area contributed by atoms with Crippen LogP contribution in [0.3, 0.4) is 0 Å². The molecule has 20 heavy (non-hydrogen) atoms. The Bertz CT molecular complexity index is 488. The third kappa shape index (κ3) is 3.66. The molecule has 5 nitrogen and oxygen atoms in total. The molecule has 1 aromatic rings. The Morgan fingerprint density at radius 2 is 2.30 bits per heavy atom. The lowest BCUT2D eigenvalue weighted by Crippen LogP contribution is -2.35. The number of aryl methyl sites for hydroxylation is 1. The van der Waals surface area contributed by atoms with Crippen LogP contribution in [0.5, 0.6) is 5.75 Å². The standard InChI is InChI=1S/C14H19FN2O3/c1-10-8-14(13(17(18)19)9-12(10)15)20-7-5-11-4-2-3-6-16-11/h8-9,11,16H,2-7H2,1H3. The Labute approximate surface area is 117 Å². The van der Waals surface area contributed by atoms with Gasteiger partial charge in [-0.3, -0.25) is 10.1 Å². The Morgan fingerprint density at radius 3 is 2.95 bits per heavy atom. The van der Waals surface area contributed by atoms with E-state index < -0.39 is 10.7 Å². The van der Waals surface area contributed by atoms with E-state index in [1.54, 1.807) is 6.92 Å². The van der Waals surface area contributed by atoms with Crippen LogP contribution in [0.15, 0.2) is 12.1 Å². The van der Waals surface area contributed by atoms with Crippen molar-refractivity contribution in [2.24, 2.45) is 0 Å². The van der Waals surface area contributed by atoms with Crippen LogP contribution in [0.1, 0.15) is 31.2 Å². The van der Waals surface area contributed by atoms with Crippen molar-refractivity contribution in [1.29, 1.82) is 0 Å². The predicted molar refractivity (Wildman–Crippen MR) is 73.5 cm³/mol. The third-order valence-corrected chi connectivity index (χ3v) is 3.57.